The molecule has 2 rings (SSSR count). The maximum Gasteiger partial charge on any atom is 0.265 e. The summed E-state index contributed by atoms with van der Waals surface area (Å²) in [6.07, 6.45) is 1.39. The van der Waals surface area contributed by atoms with Crippen molar-refractivity contribution in [2.75, 3.05) is 10.5 Å². The lowest BCUT2D eigenvalue weighted by molar-refractivity contribution is 0.601. The summed E-state index contributed by atoms with van der Waals surface area (Å²) in [6, 6.07) is 5.76. The van der Waals surface area contributed by atoms with Crippen LogP contribution in [0.4, 0.5) is 11.4 Å². The SMILES string of the molecule is Cn1cc(NS(=O)(=O)c2c(N)cc(Br)cc2Br)ccc1=O. The molecule has 3 N–H and O–H groups in total. The molecule has 0 unspecified atom stereocenters. The van der Waals surface area contributed by atoms with Gasteiger partial charge in [-0.05, 0) is 34.1 Å². The van der Waals surface area contributed by atoms with E-state index in [-0.39, 0.29) is 21.8 Å². The normalized spacial score (nSPS) is 11.4. The molecule has 6 nitrogen and oxygen atoms in total. The second-order valence-corrected chi connectivity index (χ2v) is 7.67. The number of anilines is 2. The van der Waals surface area contributed by atoms with Gasteiger partial charge in [0, 0.05) is 28.3 Å². The summed E-state index contributed by atoms with van der Waals surface area (Å²) in [5.41, 5.74) is 5.92. The third kappa shape index (κ3) is 3.47. The van der Waals surface area contributed by atoms with E-state index in [9.17, 15) is 13.2 Å². The van der Waals surface area contributed by atoms with E-state index in [4.69, 9.17) is 5.73 Å². The Labute approximate surface area is 138 Å². The molecule has 0 fully saturated rings. The van der Waals surface area contributed by atoms with E-state index in [1.54, 1.807) is 6.07 Å². The van der Waals surface area contributed by atoms with E-state index in [0.717, 1.165) is 0 Å². The highest BCUT2D eigenvalue weighted by Crippen LogP contribution is 2.32. The second kappa shape index (κ2) is 5.82. The number of nitrogens with two attached hydrogens (primary N) is 1. The minimum Gasteiger partial charge on any atom is -0.398 e. The standard InChI is InChI=1S/C12H11Br2N3O3S/c1-17-6-8(2-3-11(17)18)16-21(19,20)12-9(14)4-7(13)5-10(12)15/h2-6,16H,15H2,1H3. The number of nitrogens with one attached hydrogen (secondary N) is 1. The molecule has 0 aliphatic heterocycles. The van der Waals surface area contributed by atoms with Crippen LogP contribution in [0.5, 0.6) is 0 Å². The van der Waals surface area contributed by atoms with Gasteiger partial charge >= 0.3 is 0 Å². The van der Waals surface area contributed by atoms with Crippen molar-refractivity contribution in [1.82, 2.24) is 4.57 Å². The van der Waals surface area contributed by atoms with Gasteiger partial charge in [0.15, 0.2) is 0 Å². The highest BCUT2D eigenvalue weighted by molar-refractivity contribution is 9.11. The van der Waals surface area contributed by atoms with Crippen molar-refractivity contribution in [3.05, 3.63) is 49.8 Å². The van der Waals surface area contributed by atoms with Crippen LogP contribution < -0.4 is 16.0 Å². The van der Waals surface area contributed by atoms with Gasteiger partial charge in [0.1, 0.15) is 4.90 Å². The lowest BCUT2D eigenvalue weighted by Gasteiger charge is -2.12. The van der Waals surface area contributed by atoms with E-state index in [2.05, 4.69) is 36.6 Å². The topological polar surface area (TPSA) is 94.2 Å². The molecule has 0 spiro atoms. The summed E-state index contributed by atoms with van der Waals surface area (Å²) in [6.45, 7) is 0. The number of nitrogens with zero attached hydrogens (tertiary/aromatic N) is 1. The Bertz CT molecular complexity index is 839. The molecule has 0 saturated carbocycles. The zero-order valence-corrected chi connectivity index (χ0v) is 14.8. The third-order valence-electron chi connectivity index (χ3n) is 2.64. The van der Waals surface area contributed by atoms with Crippen molar-refractivity contribution < 1.29 is 8.42 Å². The van der Waals surface area contributed by atoms with Gasteiger partial charge in [-0.2, -0.15) is 0 Å². The molecule has 1 aromatic heterocycles. The lowest BCUT2D eigenvalue weighted by atomic mass is 10.3. The molecular weight excluding hydrogens is 426 g/mol. The number of halogens is 2. The summed E-state index contributed by atoms with van der Waals surface area (Å²) < 4.78 is 29.5. The van der Waals surface area contributed by atoms with Crippen LogP contribution in [0.15, 0.2) is 49.1 Å². The van der Waals surface area contributed by atoms with E-state index < -0.39 is 10.0 Å². The van der Waals surface area contributed by atoms with Gasteiger partial charge in [-0.1, -0.05) is 15.9 Å². The Morgan fingerprint density at radius 3 is 2.48 bits per heavy atom. The number of hydrogen-bond acceptors (Lipinski definition) is 4. The lowest BCUT2D eigenvalue weighted by Crippen LogP contribution is -2.19. The molecule has 0 aliphatic rings. The van der Waals surface area contributed by atoms with Crippen LogP contribution in [-0.2, 0) is 17.1 Å². The maximum absolute atomic E-state index is 12.4. The van der Waals surface area contributed by atoms with Crippen molar-refractivity contribution in [3.8, 4) is 0 Å². The average Bonchev–Trinajstić information content (AvgIpc) is 2.31. The Balaban J connectivity index is 2.48. The number of pyridine rings is 1. The predicted octanol–water partition coefficient (Wildman–Crippen LogP) is 2.29. The van der Waals surface area contributed by atoms with E-state index >= 15 is 0 Å². The zero-order chi connectivity index (χ0) is 15.8. The molecule has 0 saturated heterocycles. The molecule has 0 atom stereocenters. The van der Waals surface area contributed by atoms with Crippen molar-refractivity contribution in [3.63, 3.8) is 0 Å². The quantitative estimate of drug-likeness (QED) is 0.721. The molecule has 1 aromatic carbocycles. The monoisotopic (exact) mass is 435 g/mol. The largest absolute Gasteiger partial charge is 0.398 e. The summed E-state index contributed by atoms with van der Waals surface area (Å²) in [5.74, 6) is 0. The average molecular weight is 437 g/mol. The number of nitrogen functional groups attached to an aromatic ring is 1. The summed E-state index contributed by atoms with van der Waals surface area (Å²) in [7, 11) is -2.35. The fourth-order valence-corrected chi connectivity index (χ4v) is 4.84. The Kier molecular flexibility index (Phi) is 4.45. The molecule has 0 radical (unpaired) electrons. The molecule has 0 aliphatic carbocycles. The van der Waals surface area contributed by atoms with Gasteiger partial charge < -0.3 is 10.3 Å². The highest BCUT2D eigenvalue weighted by Gasteiger charge is 2.22. The summed E-state index contributed by atoms with van der Waals surface area (Å²) in [4.78, 5) is 11.2. The van der Waals surface area contributed by atoms with Crippen LogP contribution in [0.25, 0.3) is 0 Å². The van der Waals surface area contributed by atoms with Crippen molar-refractivity contribution >= 4 is 53.3 Å². The minimum atomic E-state index is -3.88. The van der Waals surface area contributed by atoms with E-state index in [1.807, 2.05) is 0 Å². The summed E-state index contributed by atoms with van der Waals surface area (Å²) >= 11 is 6.42. The molecule has 112 valence electrons. The van der Waals surface area contributed by atoms with E-state index in [1.165, 1.54) is 36.0 Å². The van der Waals surface area contributed by atoms with Gasteiger partial charge in [0.2, 0.25) is 5.56 Å². The molecule has 0 amide bonds. The number of rotatable bonds is 3. The number of aromatic nitrogens is 1. The van der Waals surface area contributed by atoms with Crippen LogP contribution in [0, 0.1) is 0 Å². The Morgan fingerprint density at radius 2 is 1.90 bits per heavy atom. The maximum atomic E-state index is 12.4. The molecule has 9 heteroatoms. The Hall–Kier alpha value is -1.32. The molecule has 21 heavy (non-hydrogen) atoms. The van der Waals surface area contributed by atoms with Gasteiger partial charge in [0.05, 0.1) is 11.4 Å². The van der Waals surface area contributed by atoms with Crippen molar-refractivity contribution in [1.29, 1.82) is 0 Å². The molecule has 1 heterocycles. The number of hydrogen-bond donors (Lipinski definition) is 2. The molecule has 2 aromatic rings. The first-order chi connectivity index (χ1) is 9.70. The van der Waals surface area contributed by atoms with Crippen LogP contribution >= 0.6 is 31.9 Å². The van der Waals surface area contributed by atoms with Gasteiger partial charge in [0.25, 0.3) is 10.0 Å². The van der Waals surface area contributed by atoms with E-state index in [0.29, 0.717) is 8.95 Å². The smallest absolute Gasteiger partial charge is 0.265 e. The fraction of sp³-hybridized carbons (Fsp3) is 0.0833. The third-order valence-corrected chi connectivity index (χ3v) is 5.49. The summed E-state index contributed by atoms with van der Waals surface area (Å²) in [5, 5.41) is 0. The number of sulfonamides is 1. The zero-order valence-electron chi connectivity index (χ0n) is 10.8. The van der Waals surface area contributed by atoms with Gasteiger partial charge in [-0.3, -0.25) is 9.52 Å². The first-order valence-electron chi connectivity index (χ1n) is 5.65. The minimum absolute atomic E-state index is 0.0560. The van der Waals surface area contributed by atoms with Gasteiger partial charge in [-0.15, -0.1) is 0 Å². The van der Waals surface area contributed by atoms with Crippen LogP contribution in [0.3, 0.4) is 0 Å². The van der Waals surface area contributed by atoms with Gasteiger partial charge in [-0.25, -0.2) is 8.42 Å². The Morgan fingerprint density at radius 1 is 1.24 bits per heavy atom. The van der Waals surface area contributed by atoms with Crippen molar-refractivity contribution in [2.45, 2.75) is 4.90 Å². The fourth-order valence-electron chi connectivity index (χ4n) is 1.72. The molecule has 0 bridgehead atoms. The number of aryl methyl sites for hydroxylation is 1. The van der Waals surface area contributed by atoms with Crippen molar-refractivity contribution in [2.24, 2.45) is 7.05 Å². The molecular formula is C12H11Br2N3O3S. The van der Waals surface area contributed by atoms with Crippen LogP contribution in [0.2, 0.25) is 0 Å². The van der Waals surface area contributed by atoms with Crippen LogP contribution in [0.1, 0.15) is 0 Å². The number of benzene rings is 1. The first kappa shape index (κ1) is 16.1. The predicted molar refractivity (Wildman–Crippen MR) is 88.7 cm³/mol. The second-order valence-electron chi connectivity index (χ2n) is 4.28. The first-order valence-corrected chi connectivity index (χ1v) is 8.71. The highest BCUT2D eigenvalue weighted by atomic mass is 79.9. The van der Waals surface area contributed by atoms with Crippen LogP contribution in [-0.4, -0.2) is 13.0 Å².